The normalized spacial score (nSPS) is 16.8. The van der Waals surface area contributed by atoms with Crippen LogP contribution in [0.4, 0.5) is 4.39 Å². The SMILES string of the molecule is CC(C)(Oc1ccc(F)cc1)C(=O)N1CCC[C@@H](c2ncc(Cc3ccc(Cl)cc3)o2)C1. The number of halogens is 2. The van der Waals surface area contributed by atoms with E-state index in [1.54, 1.807) is 24.9 Å². The van der Waals surface area contributed by atoms with Gasteiger partial charge in [-0.25, -0.2) is 9.37 Å². The predicted octanol–water partition coefficient (Wildman–Crippen LogP) is 5.62. The minimum Gasteiger partial charge on any atom is -0.478 e. The summed E-state index contributed by atoms with van der Waals surface area (Å²) < 4.78 is 25.1. The Morgan fingerprint density at radius 2 is 1.94 bits per heavy atom. The van der Waals surface area contributed by atoms with Crippen molar-refractivity contribution in [1.82, 2.24) is 9.88 Å². The molecule has 1 aliphatic heterocycles. The average molecular weight is 457 g/mol. The summed E-state index contributed by atoms with van der Waals surface area (Å²) in [5.41, 5.74) is 0.0213. The second-order valence-corrected chi connectivity index (χ2v) is 9.06. The zero-order chi connectivity index (χ0) is 22.7. The highest BCUT2D eigenvalue weighted by atomic mass is 35.5. The van der Waals surface area contributed by atoms with Crippen LogP contribution in [-0.2, 0) is 11.2 Å². The topological polar surface area (TPSA) is 55.6 Å². The first-order valence-corrected chi connectivity index (χ1v) is 11.1. The Balaban J connectivity index is 1.40. The van der Waals surface area contributed by atoms with E-state index in [2.05, 4.69) is 4.98 Å². The number of nitrogens with zero attached hydrogens (tertiary/aromatic N) is 2. The Labute approximate surface area is 192 Å². The second kappa shape index (κ2) is 9.33. The summed E-state index contributed by atoms with van der Waals surface area (Å²) in [7, 11) is 0. The van der Waals surface area contributed by atoms with Crippen molar-refractivity contribution in [3.63, 3.8) is 0 Å². The van der Waals surface area contributed by atoms with Gasteiger partial charge in [0.05, 0.1) is 12.1 Å². The molecule has 7 heteroatoms. The number of piperidine rings is 1. The number of carbonyl (C=O) groups is 1. The fourth-order valence-corrected chi connectivity index (χ4v) is 4.11. The maximum absolute atomic E-state index is 13.2. The van der Waals surface area contributed by atoms with E-state index < -0.39 is 5.60 Å². The van der Waals surface area contributed by atoms with Gasteiger partial charge in [-0.15, -0.1) is 0 Å². The molecule has 3 aromatic rings. The van der Waals surface area contributed by atoms with Crippen LogP contribution in [0.3, 0.4) is 0 Å². The molecule has 1 atom stereocenters. The monoisotopic (exact) mass is 456 g/mol. The fraction of sp³-hybridized carbons (Fsp3) is 0.360. The maximum Gasteiger partial charge on any atom is 0.266 e. The van der Waals surface area contributed by atoms with Crippen LogP contribution in [0.5, 0.6) is 5.75 Å². The fourth-order valence-electron chi connectivity index (χ4n) is 3.98. The zero-order valence-electron chi connectivity index (χ0n) is 18.2. The number of hydrogen-bond acceptors (Lipinski definition) is 4. The molecule has 0 radical (unpaired) electrons. The molecule has 1 amide bonds. The number of likely N-dealkylation sites (tertiary alicyclic amines) is 1. The lowest BCUT2D eigenvalue weighted by Crippen LogP contribution is -2.51. The molecule has 0 bridgehead atoms. The number of benzene rings is 2. The van der Waals surface area contributed by atoms with Gasteiger partial charge in [-0.3, -0.25) is 4.79 Å². The van der Waals surface area contributed by atoms with E-state index in [0.29, 0.717) is 36.2 Å². The van der Waals surface area contributed by atoms with Crippen LogP contribution >= 0.6 is 11.6 Å². The summed E-state index contributed by atoms with van der Waals surface area (Å²) in [6, 6.07) is 13.3. The van der Waals surface area contributed by atoms with E-state index >= 15 is 0 Å². The van der Waals surface area contributed by atoms with E-state index in [-0.39, 0.29) is 17.6 Å². The van der Waals surface area contributed by atoms with Crippen molar-refractivity contribution in [3.05, 3.63) is 82.8 Å². The van der Waals surface area contributed by atoms with E-state index in [1.165, 1.54) is 24.3 Å². The number of amides is 1. The molecule has 4 rings (SSSR count). The standard InChI is InChI=1S/C25H26ClFN2O3/c1-25(2,32-21-11-9-20(27)10-12-21)24(30)29-13-3-4-18(16-29)23-28-15-22(31-23)14-17-5-7-19(26)8-6-17/h5-12,15,18H,3-4,13-14,16H2,1-2H3/t18-/m1/s1. The van der Waals surface area contributed by atoms with Crippen molar-refractivity contribution >= 4 is 17.5 Å². The molecular weight excluding hydrogens is 431 g/mol. The van der Waals surface area contributed by atoms with Gasteiger partial charge in [0.2, 0.25) is 0 Å². The average Bonchev–Trinajstić information content (AvgIpc) is 3.25. The van der Waals surface area contributed by atoms with Crippen molar-refractivity contribution in [2.45, 2.75) is 44.6 Å². The van der Waals surface area contributed by atoms with Gasteiger partial charge in [-0.1, -0.05) is 23.7 Å². The van der Waals surface area contributed by atoms with E-state index in [9.17, 15) is 9.18 Å². The minimum atomic E-state index is -1.07. The summed E-state index contributed by atoms with van der Waals surface area (Å²) in [6.45, 7) is 4.65. The quantitative estimate of drug-likeness (QED) is 0.483. The van der Waals surface area contributed by atoms with Gasteiger partial charge < -0.3 is 14.1 Å². The molecule has 32 heavy (non-hydrogen) atoms. The van der Waals surface area contributed by atoms with Gasteiger partial charge >= 0.3 is 0 Å². The Bertz CT molecular complexity index is 1060. The van der Waals surface area contributed by atoms with Gasteiger partial charge in [-0.2, -0.15) is 0 Å². The van der Waals surface area contributed by atoms with Crippen molar-refractivity contribution < 1.29 is 18.3 Å². The summed E-state index contributed by atoms with van der Waals surface area (Å²) >= 11 is 5.95. The molecular formula is C25H26ClFN2O3. The third kappa shape index (κ3) is 5.30. The van der Waals surface area contributed by atoms with Crippen LogP contribution in [-0.4, -0.2) is 34.5 Å². The van der Waals surface area contributed by atoms with Crippen molar-refractivity contribution in [1.29, 1.82) is 0 Å². The second-order valence-electron chi connectivity index (χ2n) is 8.62. The predicted molar refractivity (Wildman–Crippen MR) is 120 cm³/mol. The van der Waals surface area contributed by atoms with Crippen LogP contribution in [0.2, 0.25) is 5.02 Å². The maximum atomic E-state index is 13.2. The lowest BCUT2D eigenvalue weighted by Gasteiger charge is -2.36. The number of aromatic nitrogens is 1. The van der Waals surface area contributed by atoms with Crippen molar-refractivity contribution in [2.75, 3.05) is 13.1 Å². The van der Waals surface area contributed by atoms with Crippen LogP contribution in [0, 0.1) is 5.82 Å². The summed E-state index contributed by atoms with van der Waals surface area (Å²) in [6.07, 6.45) is 4.16. The molecule has 5 nitrogen and oxygen atoms in total. The first kappa shape index (κ1) is 22.3. The first-order valence-electron chi connectivity index (χ1n) is 10.7. The van der Waals surface area contributed by atoms with Crippen LogP contribution in [0.25, 0.3) is 0 Å². The van der Waals surface area contributed by atoms with Gasteiger partial charge in [0.25, 0.3) is 5.91 Å². The molecule has 0 aliphatic carbocycles. The summed E-state index contributed by atoms with van der Waals surface area (Å²) in [5, 5.41) is 0.699. The van der Waals surface area contributed by atoms with Gasteiger partial charge in [0, 0.05) is 24.5 Å². The van der Waals surface area contributed by atoms with Gasteiger partial charge in [0.15, 0.2) is 11.5 Å². The highest BCUT2D eigenvalue weighted by Gasteiger charge is 2.37. The molecule has 1 aliphatic rings. The number of ether oxygens (including phenoxy) is 1. The van der Waals surface area contributed by atoms with E-state index in [1.807, 2.05) is 24.3 Å². The van der Waals surface area contributed by atoms with E-state index in [0.717, 1.165) is 24.2 Å². The van der Waals surface area contributed by atoms with E-state index in [4.69, 9.17) is 20.8 Å². The van der Waals surface area contributed by atoms with Crippen LogP contribution in [0.15, 0.2) is 59.1 Å². The van der Waals surface area contributed by atoms with Crippen LogP contribution in [0.1, 0.15) is 49.8 Å². The highest BCUT2D eigenvalue weighted by Crippen LogP contribution is 2.30. The first-order chi connectivity index (χ1) is 15.3. The molecule has 0 saturated carbocycles. The Morgan fingerprint density at radius 1 is 1.22 bits per heavy atom. The number of carbonyl (C=O) groups excluding carboxylic acids is 1. The summed E-state index contributed by atoms with van der Waals surface area (Å²) in [5.74, 6) is 1.47. The Morgan fingerprint density at radius 3 is 2.66 bits per heavy atom. The third-order valence-electron chi connectivity index (χ3n) is 5.62. The molecule has 1 aromatic heterocycles. The zero-order valence-corrected chi connectivity index (χ0v) is 18.9. The molecule has 1 fully saturated rings. The molecule has 0 unspecified atom stereocenters. The molecule has 1 saturated heterocycles. The smallest absolute Gasteiger partial charge is 0.266 e. The number of oxazole rings is 1. The van der Waals surface area contributed by atoms with Crippen molar-refractivity contribution in [3.8, 4) is 5.75 Å². The number of hydrogen-bond donors (Lipinski definition) is 0. The molecule has 168 valence electrons. The Hall–Kier alpha value is -2.86. The largest absolute Gasteiger partial charge is 0.478 e. The third-order valence-corrected chi connectivity index (χ3v) is 5.87. The van der Waals surface area contributed by atoms with Crippen molar-refractivity contribution in [2.24, 2.45) is 0 Å². The molecule has 0 N–H and O–H groups in total. The summed E-state index contributed by atoms with van der Waals surface area (Å²) in [4.78, 5) is 19.5. The lowest BCUT2D eigenvalue weighted by molar-refractivity contribution is -0.146. The molecule has 2 heterocycles. The van der Waals surface area contributed by atoms with Crippen LogP contribution < -0.4 is 4.74 Å². The highest BCUT2D eigenvalue weighted by molar-refractivity contribution is 6.30. The van der Waals surface area contributed by atoms with Gasteiger partial charge in [-0.05, 0) is 68.7 Å². The Kier molecular flexibility index (Phi) is 6.51. The van der Waals surface area contributed by atoms with Gasteiger partial charge in [0.1, 0.15) is 17.3 Å². The lowest BCUT2D eigenvalue weighted by atomic mass is 9.96. The minimum absolute atomic E-state index is 0.0355. The molecule has 2 aromatic carbocycles. The number of rotatable bonds is 6. The molecule has 0 spiro atoms.